The summed E-state index contributed by atoms with van der Waals surface area (Å²) in [5.41, 5.74) is 0.468. The van der Waals surface area contributed by atoms with E-state index in [2.05, 4.69) is 31.5 Å². The zero-order valence-electron chi connectivity index (χ0n) is 19.9. The van der Waals surface area contributed by atoms with Crippen molar-refractivity contribution in [3.63, 3.8) is 0 Å². The molecule has 2 aliphatic carbocycles. The highest BCUT2D eigenvalue weighted by Gasteiger charge is 2.32. The summed E-state index contributed by atoms with van der Waals surface area (Å²) in [4.78, 5) is 29.8. The van der Waals surface area contributed by atoms with E-state index in [1.54, 1.807) is 25.5 Å². The molecule has 3 atom stereocenters. The first-order valence-electron chi connectivity index (χ1n) is 12.8. The maximum absolute atomic E-state index is 13.0. The van der Waals surface area contributed by atoms with E-state index in [0.717, 1.165) is 30.2 Å². The van der Waals surface area contributed by atoms with Gasteiger partial charge in [0.2, 0.25) is 5.91 Å². The fraction of sp³-hybridized carbons (Fsp3) is 0.731. The molecule has 2 saturated carbocycles. The predicted molar refractivity (Wildman–Crippen MR) is 134 cm³/mol. The van der Waals surface area contributed by atoms with Gasteiger partial charge >= 0.3 is 0 Å². The van der Waals surface area contributed by atoms with Crippen LogP contribution in [-0.2, 0) is 4.79 Å². The van der Waals surface area contributed by atoms with Gasteiger partial charge in [-0.2, -0.15) is 0 Å². The van der Waals surface area contributed by atoms with Gasteiger partial charge in [0.1, 0.15) is 0 Å². The van der Waals surface area contributed by atoms with E-state index < -0.39 is 6.10 Å². The Morgan fingerprint density at radius 2 is 1.64 bits per heavy atom. The largest absolute Gasteiger partial charge is 0.391 e. The van der Waals surface area contributed by atoms with Crippen LogP contribution in [0.2, 0.25) is 0 Å². The van der Waals surface area contributed by atoms with Crippen molar-refractivity contribution in [2.75, 3.05) is 7.05 Å². The number of nitrogens with zero attached hydrogens (tertiary/aromatic N) is 1. The van der Waals surface area contributed by atoms with E-state index >= 15 is 0 Å². The highest BCUT2D eigenvalue weighted by Crippen LogP contribution is 2.33. The fourth-order valence-corrected chi connectivity index (χ4v) is 6.04. The molecule has 0 unspecified atom stereocenters. The number of carbonyl (C=O) groups excluding carboxylic acids is 2. The molecule has 0 aromatic carbocycles. The molecule has 1 aromatic rings. The van der Waals surface area contributed by atoms with Gasteiger partial charge in [-0.25, -0.2) is 0 Å². The Balaban J connectivity index is 1.70. The number of nitrogens with one attached hydrogen (secondary N) is 2. The summed E-state index contributed by atoms with van der Waals surface area (Å²) >= 11 is 3.37. The second kappa shape index (κ2) is 13.4. The third-order valence-corrected chi connectivity index (χ3v) is 7.98. The number of hydrogen-bond donors (Lipinski definition) is 3. The van der Waals surface area contributed by atoms with Gasteiger partial charge in [-0.05, 0) is 53.1 Å². The van der Waals surface area contributed by atoms with E-state index in [1.165, 1.54) is 51.4 Å². The van der Waals surface area contributed by atoms with Crippen LogP contribution in [0.1, 0.15) is 93.8 Å². The third-order valence-electron chi connectivity index (χ3n) is 7.55. The summed E-state index contributed by atoms with van der Waals surface area (Å²) < 4.78 is 0.742. The van der Waals surface area contributed by atoms with Crippen LogP contribution in [0.3, 0.4) is 0 Å². The van der Waals surface area contributed by atoms with Crippen molar-refractivity contribution < 1.29 is 14.7 Å². The number of aromatic nitrogens is 1. The normalized spacial score (nSPS) is 20.6. The zero-order valence-corrected chi connectivity index (χ0v) is 21.5. The minimum atomic E-state index is -0.762. The van der Waals surface area contributed by atoms with E-state index in [1.807, 2.05) is 0 Å². The molecule has 0 bridgehead atoms. The van der Waals surface area contributed by atoms with Crippen molar-refractivity contribution in [1.82, 2.24) is 15.6 Å². The average Bonchev–Trinajstić information content (AvgIpc) is 2.84. The van der Waals surface area contributed by atoms with Crippen LogP contribution in [0, 0.1) is 17.8 Å². The molecule has 0 saturated heterocycles. The fourth-order valence-electron chi connectivity index (χ4n) is 5.68. The van der Waals surface area contributed by atoms with Crippen molar-refractivity contribution in [3.8, 4) is 0 Å². The molecule has 2 aliphatic rings. The molecule has 3 rings (SSSR count). The van der Waals surface area contributed by atoms with Gasteiger partial charge in [-0.3, -0.25) is 14.6 Å². The molecule has 33 heavy (non-hydrogen) atoms. The monoisotopic (exact) mass is 521 g/mol. The number of aliphatic hydroxyl groups is 1. The lowest BCUT2D eigenvalue weighted by Gasteiger charge is -2.32. The quantitative estimate of drug-likeness (QED) is 0.404. The second-order valence-electron chi connectivity index (χ2n) is 10.1. The van der Waals surface area contributed by atoms with Crippen LogP contribution >= 0.6 is 15.9 Å². The van der Waals surface area contributed by atoms with E-state index in [0.29, 0.717) is 23.8 Å². The van der Waals surface area contributed by atoms with Gasteiger partial charge in [-0.15, -0.1) is 0 Å². The first-order chi connectivity index (χ1) is 16.0. The molecule has 2 amide bonds. The molecule has 3 N–H and O–H groups in total. The van der Waals surface area contributed by atoms with E-state index in [-0.39, 0.29) is 23.8 Å². The van der Waals surface area contributed by atoms with Crippen molar-refractivity contribution in [3.05, 3.63) is 28.5 Å². The van der Waals surface area contributed by atoms with Crippen LogP contribution in [-0.4, -0.2) is 41.1 Å². The topological polar surface area (TPSA) is 91.3 Å². The van der Waals surface area contributed by atoms with Crippen LogP contribution in [0.25, 0.3) is 0 Å². The number of pyridine rings is 1. The third kappa shape index (κ3) is 8.36. The highest BCUT2D eigenvalue weighted by molar-refractivity contribution is 9.10. The predicted octanol–water partition coefficient (Wildman–Crippen LogP) is 5.00. The molecule has 2 fully saturated rings. The number of halogens is 1. The SMILES string of the molecule is CNC(=O)[C@H](CC1CCCCC1)C[C@H](O)[C@H](CC1CCCCC1)NC(=O)c1cncc(Br)c1. The van der Waals surface area contributed by atoms with Gasteiger partial charge in [0.25, 0.3) is 5.91 Å². The lowest BCUT2D eigenvalue weighted by molar-refractivity contribution is -0.126. The Hall–Kier alpha value is -1.47. The Bertz CT molecular complexity index is 763. The summed E-state index contributed by atoms with van der Waals surface area (Å²) in [5.74, 6) is 0.584. The van der Waals surface area contributed by atoms with Crippen LogP contribution in [0.5, 0.6) is 0 Å². The van der Waals surface area contributed by atoms with Crippen molar-refractivity contribution in [2.45, 2.75) is 95.6 Å². The number of aliphatic hydroxyl groups excluding tert-OH is 1. The molecule has 0 aliphatic heterocycles. The van der Waals surface area contributed by atoms with Gasteiger partial charge < -0.3 is 15.7 Å². The summed E-state index contributed by atoms with van der Waals surface area (Å²) in [7, 11) is 1.67. The molecule has 1 aromatic heterocycles. The van der Waals surface area contributed by atoms with Crippen LogP contribution in [0.4, 0.5) is 0 Å². The van der Waals surface area contributed by atoms with Crippen LogP contribution < -0.4 is 10.6 Å². The Labute approximate surface area is 206 Å². The number of rotatable bonds is 10. The summed E-state index contributed by atoms with van der Waals surface area (Å²) in [6, 6.07) is 1.36. The average molecular weight is 523 g/mol. The van der Waals surface area contributed by atoms with Crippen molar-refractivity contribution in [2.24, 2.45) is 17.8 Å². The van der Waals surface area contributed by atoms with E-state index in [4.69, 9.17) is 0 Å². The minimum absolute atomic E-state index is 0.00134. The maximum Gasteiger partial charge on any atom is 0.253 e. The maximum atomic E-state index is 13.0. The summed E-state index contributed by atoms with van der Waals surface area (Å²) in [6.07, 6.45) is 16.4. The minimum Gasteiger partial charge on any atom is -0.391 e. The van der Waals surface area contributed by atoms with Crippen molar-refractivity contribution in [1.29, 1.82) is 0 Å². The number of hydrogen-bond acceptors (Lipinski definition) is 4. The highest BCUT2D eigenvalue weighted by atomic mass is 79.9. The molecule has 184 valence electrons. The molecule has 1 heterocycles. The standard InChI is InChI=1S/C26H40BrN3O3/c1-28-25(32)20(12-18-8-4-2-5-9-18)15-24(31)23(13-19-10-6-3-7-11-19)30-26(33)21-14-22(27)17-29-16-21/h14,16-20,23-24,31H,2-13,15H2,1H3,(H,28,32)(H,30,33)/t20-,23+,24+/m1/s1. The number of amides is 2. The molecule has 0 radical (unpaired) electrons. The Kier molecular flexibility index (Phi) is 10.6. The molecule has 6 nitrogen and oxygen atoms in total. The summed E-state index contributed by atoms with van der Waals surface area (Å²) in [6.45, 7) is 0. The lowest BCUT2D eigenvalue weighted by atomic mass is 9.79. The van der Waals surface area contributed by atoms with Gasteiger partial charge in [0.05, 0.1) is 17.7 Å². The van der Waals surface area contributed by atoms with Crippen LogP contribution in [0.15, 0.2) is 22.9 Å². The van der Waals surface area contributed by atoms with Gasteiger partial charge in [-0.1, -0.05) is 64.2 Å². The first-order valence-corrected chi connectivity index (χ1v) is 13.6. The number of carbonyl (C=O) groups is 2. The van der Waals surface area contributed by atoms with Gasteiger partial charge in [0.15, 0.2) is 0 Å². The molecular weight excluding hydrogens is 482 g/mol. The lowest BCUT2D eigenvalue weighted by Crippen LogP contribution is -2.46. The Morgan fingerprint density at radius 3 is 2.21 bits per heavy atom. The zero-order chi connectivity index (χ0) is 23.6. The van der Waals surface area contributed by atoms with E-state index in [9.17, 15) is 14.7 Å². The Morgan fingerprint density at radius 1 is 1.03 bits per heavy atom. The second-order valence-corrected chi connectivity index (χ2v) is 11.0. The summed E-state index contributed by atoms with van der Waals surface area (Å²) in [5, 5.41) is 17.2. The molecular formula is C26H40BrN3O3. The first kappa shape index (κ1) is 26.1. The van der Waals surface area contributed by atoms with Crippen molar-refractivity contribution >= 4 is 27.7 Å². The van der Waals surface area contributed by atoms with Gasteiger partial charge in [0, 0.05) is 29.8 Å². The molecule has 7 heteroatoms. The smallest absolute Gasteiger partial charge is 0.253 e. The molecule has 0 spiro atoms.